The summed E-state index contributed by atoms with van der Waals surface area (Å²) in [5.41, 5.74) is -3.24. The first-order chi connectivity index (χ1) is 9.82. The van der Waals surface area contributed by atoms with Crippen molar-refractivity contribution in [2.75, 3.05) is 5.32 Å². The predicted molar refractivity (Wildman–Crippen MR) is 69.8 cm³/mol. The molecule has 1 aromatic carbocycles. The van der Waals surface area contributed by atoms with Gasteiger partial charge in [0.2, 0.25) is 0 Å². The molecule has 0 unspecified atom stereocenters. The fraction of sp³-hybridized carbons (Fsp3) is 0.357. The van der Waals surface area contributed by atoms with E-state index in [9.17, 15) is 18.0 Å². The fourth-order valence-corrected chi connectivity index (χ4v) is 2.23. The molecule has 0 aromatic heterocycles. The average molecular weight is 316 g/mol. The quantitative estimate of drug-likeness (QED) is 0.733. The number of nitrogens with one attached hydrogen (secondary N) is 1. The van der Waals surface area contributed by atoms with Crippen LogP contribution in [0.15, 0.2) is 18.2 Å². The van der Waals surface area contributed by atoms with Gasteiger partial charge < -0.3 is 4.74 Å². The Balaban J connectivity index is 2.20. The summed E-state index contributed by atoms with van der Waals surface area (Å²) in [5.74, 6) is 4.62. The van der Waals surface area contributed by atoms with Crippen LogP contribution in [0.25, 0.3) is 0 Å². The zero-order chi connectivity index (χ0) is 15.3. The summed E-state index contributed by atoms with van der Waals surface area (Å²) in [6, 6.07) is 3.73. The third-order valence-electron chi connectivity index (χ3n) is 3.27. The first-order valence-corrected chi connectivity index (χ1v) is 6.59. The lowest BCUT2D eigenvalue weighted by atomic mass is 9.90. The molecule has 0 spiro atoms. The number of ether oxygens (including phenoxy) is 1. The first-order valence-electron chi connectivity index (χ1n) is 6.21. The van der Waals surface area contributed by atoms with E-state index in [-0.39, 0.29) is 22.2 Å². The van der Waals surface area contributed by atoms with Gasteiger partial charge in [0.05, 0.1) is 5.69 Å². The van der Waals surface area contributed by atoms with Crippen molar-refractivity contribution in [1.29, 1.82) is 0 Å². The molecule has 3 rings (SSSR count). The van der Waals surface area contributed by atoms with Gasteiger partial charge in [-0.25, -0.2) is 4.79 Å². The molecular formula is C14H9ClF3NO2. The second-order valence-electron chi connectivity index (χ2n) is 4.93. The molecule has 21 heavy (non-hydrogen) atoms. The Kier molecular flexibility index (Phi) is 3.06. The summed E-state index contributed by atoms with van der Waals surface area (Å²) in [4.78, 5) is 11.5. The number of benzene rings is 1. The molecule has 3 nitrogen and oxygen atoms in total. The summed E-state index contributed by atoms with van der Waals surface area (Å²) in [6.45, 7) is 0. The number of carbonyl (C=O) groups is 1. The van der Waals surface area contributed by atoms with Gasteiger partial charge in [0.25, 0.3) is 5.60 Å². The van der Waals surface area contributed by atoms with Gasteiger partial charge in [-0.2, -0.15) is 13.2 Å². The average Bonchev–Trinajstić information content (AvgIpc) is 3.17. The number of cyclic esters (lactones) is 1. The summed E-state index contributed by atoms with van der Waals surface area (Å²) >= 11 is 5.76. The Labute approximate surface area is 123 Å². The lowest BCUT2D eigenvalue weighted by Gasteiger charge is -2.35. The summed E-state index contributed by atoms with van der Waals surface area (Å²) < 4.78 is 45.3. The van der Waals surface area contributed by atoms with Crippen LogP contribution in [0.4, 0.5) is 23.7 Å². The van der Waals surface area contributed by atoms with E-state index < -0.39 is 17.9 Å². The number of rotatable bonds is 0. The molecule has 1 saturated carbocycles. The Bertz CT molecular complexity index is 673. The Morgan fingerprint density at radius 3 is 2.71 bits per heavy atom. The Hall–Kier alpha value is -1.87. The van der Waals surface area contributed by atoms with Gasteiger partial charge in [-0.15, -0.1) is 0 Å². The second-order valence-corrected chi connectivity index (χ2v) is 5.36. The van der Waals surface area contributed by atoms with Crippen molar-refractivity contribution in [3.63, 3.8) is 0 Å². The van der Waals surface area contributed by atoms with Crippen LogP contribution in [-0.2, 0) is 10.3 Å². The van der Waals surface area contributed by atoms with E-state index in [0.29, 0.717) is 0 Å². The van der Waals surface area contributed by atoms with Gasteiger partial charge in [-0.05, 0) is 30.9 Å². The van der Waals surface area contributed by atoms with Gasteiger partial charge in [-0.3, -0.25) is 5.32 Å². The lowest BCUT2D eigenvalue weighted by Crippen LogP contribution is -2.49. The maximum Gasteiger partial charge on any atom is 0.445 e. The molecule has 1 amide bonds. The number of hydrogen-bond donors (Lipinski definition) is 1. The zero-order valence-electron chi connectivity index (χ0n) is 10.6. The van der Waals surface area contributed by atoms with E-state index in [2.05, 4.69) is 21.9 Å². The molecule has 0 radical (unpaired) electrons. The zero-order valence-corrected chi connectivity index (χ0v) is 11.3. The van der Waals surface area contributed by atoms with Crippen molar-refractivity contribution in [3.05, 3.63) is 28.8 Å². The summed E-state index contributed by atoms with van der Waals surface area (Å²) in [7, 11) is 0. The van der Waals surface area contributed by atoms with E-state index in [1.807, 2.05) is 0 Å². The number of amides is 1. The maximum absolute atomic E-state index is 13.6. The van der Waals surface area contributed by atoms with Gasteiger partial charge in [0.15, 0.2) is 0 Å². The monoisotopic (exact) mass is 315 g/mol. The molecule has 0 saturated heterocycles. The van der Waals surface area contributed by atoms with Crippen LogP contribution >= 0.6 is 11.6 Å². The molecule has 110 valence electrons. The molecular weight excluding hydrogens is 307 g/mol. The molecule has 1 aliphatic heterocycles. The third kappa shape index (κ3) is 2.42. The minimum atomic E-state index is -4.85. The van der Waals surface area contributed by atoms with E-state index in [1.165, 1.54) is 18.2 Å². The third-order valence-corrected chi connectivity index (χ3v) is 3.51. The highest BCUT2D eigenvalue weighted by molar-refractivity contribution is 6.31. The van der Waals surface area contributed by atoms with Crippen molar-refractivity contribution in [1.82, 2.24) is 0 Å². The molecule has 1 N–H and O–H groups in total. The highest BCUT2D eigenvalue weighted by Crippen LogP contribution is 2.48. The standard InChI is InChI=1S/C14H9ClF3NO2/c15-9-3-4-10-11(7-9)19-12(20)21-13(10,14(16,17)18)6-5-8-1-2-8/h3-4,7-8H,1-2H2,(H,19,20)/t13-/m0/s1. The minimum Gasteiger partial charge on any atom is -0.415 e. The number of fused-ring (bicyclic) bond motifs is 1. The Morgan fingerprint density at radius 1 is 1.38 bits per heavy atom. The van der Waals surface area contributed by atoms with Crippen LogP contribution in [-0.4, -0.2) is 12.3 Å². The number of hydrogen-bond acceptors (Lipinski definition) is 2. The lowest BCUT2D eigenvalue weighted by molar-refractivity contribution is -0.239. The minimum absolute atomic E-state index is 0.0406. The van der Waals surface area contributed by atoms with Crippen LogP contribution in [0, 0.1) is 17.8 Å². The highest BCUT2D eigenvalue weighted by atomic mass is 35.5. The molecule has 1 fully saturated rings. The van der Waals surface area contributed by atoms with Crippen molar-refractivity contribution in [3.8, 4) is 11.8 Å². The van der Waals surface area contributed by atoms with Crippen LogP contribution in [0.5, 0.6) is 0 Å². The molecule has 7 heteroatoms. The largest absolute Gasteiger partial charge is 0.445 e. The maximum atomic E-state index is 13.6. The van der Waals surface area contributed by atoms with Gasteiger partial charge in [0.1, 0.15) is 0 Å². The van der Waals surface area contributed by atoms with Gasteiger partial charge >= 0.3 is 12.3 Å². The second kappa shape index (κ2) is 4.57. The summed E-state index contributed by atoms with van der Waals surface area (Å²) in [5, 5.41) is 2.43. The van der Waals surface area contributed by atoms with Crippen LogP contribution in [0.2, 0.25) is 5.02 Å². The number of alkyl halides is 3. The Morgan fingerprint density at radius 2 is 2.10 bits per heavy atom. The predicted octanol–water partition coefficient (Wildman–Crippen LogP) is 4.07. The van der Waals surface area contributed by atoms with Crippen LogP contribution in [0.1, 0.15) is 18.4 Å². The molecule has 0 bridgehead atoms. The normalized spacial score (nSPS) is 24.3. The molecule has 1 heterocycles. The van der Waals surface area contributed by atoms with E-state index in [0.717, 1.165) is 12.8 Å². The van der Waals surface area contributed by atoms with Crippen molar-refractivity contribution < 1.29 is 22.7 Å². The van der Waals surface area contributed by atoms with Crippen LogP contribution in [0.3, 0.4) is 0 Å². The molecule has 1 atom stereocenters. The number of anilines is 1. The van der Waals surface area contributed by atoms with Crippen molar-refractivity contribution in [2.24, 2.45) is 5.92 Å². The number of halogens is 4. The number of carbonyl (C=O) groups excluding carboxylic acids is 1. The van der Waals surface area contributed by atoms with Crippen LogP contribution < -0.4 is 5.32 Å². The van der Waals surface area contributed by atoms with E-state index in [4.69, 9.17) is 11.6 Å². The SMILES string of the molecule is O=C1Nc2cc(Cl)ccc2[C@@](C#CC2CC2)(C(F)(F)F)O1. The fourth-order valence-electron chi connectivity index (χ4n) is 2.06. The van der Waals surface area contributed by atoms with Gasteiger partial charge in [-0.1, -0.05) is 23.6 Å². The van der Waals surface area contributed by atoms with E-state index >= 15 is 0 Å². The topological polar surface area (TPSA) is 38.3 Å². The molecule has 1 aromatic rings. The van der Waals surface area contributed by atoms with E-state index in [1.54, 1.807) is 0 Å². The molecule has 2 aliphatic rings. The smallest absolute Gasteiger partial charge is 0.415 e. The molecule has 1 aliphatic carbocycles. The first kappa shape index (κ1) is 14.1. The van der Waals surface area contributed by atoms with Crippen molar-refractivity contribution >= 4 is 23.4 Å². The highest BCUT2D eigenvalue weighted by Gasteiger charge is 2.62. The van der Waals surface area contributed by atoms with Crippen molar-refractivity contribution in [2.45, 2.75) is 24.6 Å². The van der Waals surface area contributed by atoms with Gasteiger partial charge in [0, 0.05) is 16.5 Å². The summed E-state index contributed by atoms with van der Waals surface area (Å²) in [6.07, 6.45) is -4.52.